The first kappa shape index (κ1) is 16.7. The number of rotatable bonds is 6. The lowest BCUT2D eigenvalue weighted by Gasteiger charge is -2.14. The molecule has 0 bridgehead atoms. The molecule has 5 nitrogen and oxygen atoms in total. The Labute approximate surface area is 136 Å². The fourth-order valence-corrected chi connectivity index (χ4v) is 2.74. The highest BCUT2D eigenvalue weighted by molar-refractivity contribution is 8.13. The second-order valence-corrected chi connectivity index (χ2v) is 5.90. The molecule has 0 atom stereocenters. The van der Waals surface area contributed by atoms with Gasteiger partial charge in [0.1, 0.15) is 5.75 Å². The Balaban J connectivity index is 1.75. The molecular formula is C16H22N4OS. The molecule has 1 saturated heterocycles. The zero-order valence-electron chi connectivity index (χ0n) is 12.9. The number of hydrogen-bond donors (Lipinski definition) is 1. The molecule has 6 heteroatoms. The molecule has 0 radical (unpaired) electrons. The van der Waals surface area contributed by atoms with Crippen molar-refractivity contribution in [2.45, 2.75) is 19.3 Å². The van der Waals surface area contributed by atoms with Crippen LogP contribution in [-0.4, -0.2) is 42.6 Å². The summed E-state index contributed by atoms with van der Waals surface area (Å²) in [6, 6.07) is 7.62. The zero-order valence-corrected chi connectivity index (χ0v) is 13.7. The van der Waals surface area contributed by atoms with Crippen LogP contribution in [0.2, 0.25) is 0 Å². The van der Waals surface area contributed by atoms with E-state index in [1.807, 2.05) is 36.7 Å². The van der Waals surface area contributed by atoms with E-state index in [9.17, 15) is 0 Å². The predicted octanol–water partition coefficient (Wildman–Crippen LogP) is 2.97. The van der Waals surface area contributed by atoms with E-state index in [-0.39, 0.29) is 0 Å². The van der Waals surface area contributed by atoms with Crippen molar-refractivity contribution in [1.29, 1.82) is 5.26 Å². The summed E-state index contributed by atoms with van der Waals surface area (Å²) >= 11 is 1.40. The molecule has 1 aliphatic rings. The number of hydrogen-bond acceptors (Lipinski definition) is 5. The fourth-order valence-electron chi connectivity index (χ4n) is 2.39. The number of likely N-dealkylation sites (tertiary alicyclic amines) is 1. The molecular weight excluding hydrogens is 296 g/mol. The minimum Gasteiger partial charge on any atom is -0.494 e. The molecule has 0 unspecified atom stereocenters. The number of benzene rings is 1. The number of aliphatic imine (C=N–C) groups is 1. The van der Waals surface area contributed by atoms with Crippen LogP contribution >= 0.6 is 11.8 Å². The van der Waals surface area contributed by atoms with E-state index in [1.54, 1.807) is 0 Å². The molecule has 1 aromatic carbocycles. The Kier molecular flexibility index (Phi) is 7.07. The molecule has 1 fully saturated rings. The first-order valence-corrected chi connectivity index (χ1v) is 8.77. The van der Waals surface area contributed by atoms with Gasteiger partial charge in [0.25, 0.3) is 0 Å². The van der Waals surface area contributed by atoms with Gasteiger partial charge in [0, 0.05) is 6.54 Å². The molecule has 22 heavy (non-hydrogen) atoms. The molecule has 118 valence electrons. The maximum atomic E-state index is 8.61. The van der Waals surface area contributed by atoms with Crippen molar-refractivity contribution >= 4 is 22.6 Å². The summed E-state index contributed by atoms with van der Waals surface area (Å²) in [7, 11) is 0. The van der Waals surface area contributed by atoms with Gasteiger partial charge in [-0.05, 0) is 62.9 Å². The molecule has 0 aromatic heterocycles. The number of nitrogens with zero attached hydrogens (tertiary/aromatic N) is 3. The third-order valence-corrected chi connectivity index (χ3v) is 4.09. The van der Waals surface area contributed by atoms with Gasteiger partial charge in [0.15, 0.2) is 11.4 Å². The number of amidine groups is 1. The van der Waals surface area contributed by atoms with Gasteiger partial charge in [-0.3, -0.25) is 5.32 Å². The van der Waals surface area contributed by atoms with Crippen LogP contribution in [0.25, 0.3) is 0 Å². The molecule has 0 saturated carbocycles. The molecule has 0 amide bonds. The predicted molar refractivity (Wildman–Crippen MR) is 91.6 cm³/mol. The van der Waals surface area contributed by atoms with Crippen LogP contribution in [0, 0.1) is 11.5 Å². The summed E-state index contributed by atoms with van der Waals surface area (Å²) in [4.78, 5) is 6.83. The SMILES string of the molecule is CSC(=Nc1ccc(OCCCN2CCCC2)cc1)NC#N. The maximum Gasteiger partial charge on any atom is 0.183 e. The zero-order chi connectivity index (χ0) is 15.6. The van der Waals surface area contributed by atoms with Crippen LogP contribution in [0.1, 0.15) is 19.3 Å². The van der Waals surface area contributed by atoms with Gasteiger partial charge in [-0.2, -0.15) is 5.26 Å². The molecule has 2 rings (SSSR count). The smallest absolute Gasteiger partial charge is 0.183 e. The van der Waals surface area contributed by atoms with Crippen LogP contribution in [0.3, 0.4) is 0 Å². The first-order valence-electron chi connectivity index (χ1n) is 7.55. The quantitative estimate of drug-likeness (QED) is 0.287. The standard InChI is InChI=1S/C16H22N4OS/c1-22-16(18-13-17)19-14-5-7-15(8-6-14)21-12-4-11-20-9-2-3-10-20/h5-8H,2-4,9-12H2,1H3,(H,18,19). The van der Waals surface area contributed by atoms with Crippen molar-refractivity contribution < 1.29 is 4.74 Å². The number of nitrogens with one attached hydrogen (secondary N) is 1. The number of nitriles is 1. The maximum absolute atomic E-state index is 8.61. The van der Waals surface area contributed by atoms with Gasteiger partial charge in [-0.15, -0.1) is 0 Å². The van der Waals surface area contributed by atoms with E-state index in [4.69, 9.17) is 10.00 Å². The van der Waals surface area contributed by atoms with E-state index in [0.29, 0.717) is 5.17 Å². The van der Waals surface area contributed by atoms with Gasteiger partial charge in [-0.25, -0.2) is 4.99 Å². The van der Waals surface area contributed by atoms with Gasteiger partial charge in [-0.1, -0.05) is 11.8 Å². The van der Waals surface area contributed by atoms with E-state index in [2.05, 4.69) is 15.2 Å². The van der Waals surface area contributed by atoms with Crippen LogP contribution in [0.5, 0.6) is 5.75 Å². The van der Waals surface area contributed by atoms with Gasteiger partial charge < -0.3 is 9.64 Å². The highest BCUT2D eigenvalue weighted by atomic mass is 32.2. The minimum atomic E-state index is 0.585. The van der Waals surface area contributed by atoms with Crippen LogP contribution in [0.4, 0.5) is 5.69 Å². The van der Waals surface area contributed by atoms with Crippen molar-refractivity contribution in [3.8, 4) is 11.9 Å². The average Bonchev–Trinajstić information content (AvgIpc) is 3.06. The van der Waals surface area contributed by atoms with E-state index < -0.39 is 0 Å². The summed E-state index contributed by atoms with van der Waals surface area (Å²) in [5.74, 6) is 0.860. The first-order chi connectivity index (χ1) is 10.8. The van der Waals surface area contributed by atoms with Crippen molar-refractivity contribution in [2.24, 2.45) is 4.99 Å². The van der Waals surface area contributed by atoms with Crippen molar-refractivity contribution in [3.05, 3.63) is 24.3 Å². The van der Waals surface area contributed by atoms with Crippen LogP contribution in [0.15, 0.2) is 29.3 Å². The molecule has 1 N–H and O–H groups in total. The molecule has 1 aliphatic heterocycles. The topological polar surface area (TPSA) is 60.6 Å². The number of thioether (sulfide) groups is 1. The van der Waals surface area contributed by atoms with Gasteiger partial charge in [0.05, 0.1) is 12.3 Å². The highest BCUT2D eigenvalue weighted by Gasteiger charge is 2.10. The second kappa shape index (κ2) is 9.34. The number of ether oxygens (including phenoxy) is 1. The summed E-state index contributed by atoms with van der Waals surface area (Å²) < 4.78 is 5.75. The summed E-state index contributed by atoms with van der Waals surface area (Å²) in [6.45, 7) is 4.34. The Bertz CT molecular complexity index is 518. The van der Waals surface area contributed by atoms with Crippen molar-refractivity contribution in [1.82, 2.24) is 10.2 Å². The normalized spacial score (nSPS) is 15.5. The highest BCUT2D eigenvalue weighted by Crippen LogP contribution is 2.19. The third-order valence-electron chi connectivity index (χ3n) is 3.51. The third kappa shape index (κ3) is 5.58. The Hall–Kier alpha value is -1.71. The van der Waals surface area contributed by atoms with Gasteiger partial charge in [0.2, 0.25) is 0 Å². The minimum absolute atomic E-state index is 0.585. The summed E-state index contributed by atoms with van der Waals surface area (Å²) in [5, 5.41) is 11.7. The largest absolute Gasteiger partial charge is 0.494 e. The Morgan fingerprint density at radius 3 is 2.73 bits per heavy atom. The molecule has 0 spiro atoms. The second-order valence-electron chi connectivity index (χ2n) is 5.10. The fraction of sp³-hybridized carbons (Fsp3) is 0.500. The van der Waals surface area contributed by atoms with Crippen molar-refractivity contribution in [3.63, 3.8) is 0 Å². The van der Waals surface area contributed by atoms with E-state index in [0.717, 1.165) is 31.0 Å². The van der Waals surface area contributed by atoms with E-state index in [1.165, 1.54) is 37.7 Å². The van der Waals surface area contributed by atoms with Crippen LogP contribution < -0.4 is 10.1 Å². The molecule has 1 heterocycles. The molecule has 1 aromatic rings. The van der Waals surface area contributed by atoms with Crippen LogP contribution in [-0.2, 0) is 0 Å². The van der Waals surface area contributed by atoms with Gasteiger partial charge >= 0.3 is 0 Å². The average molecular weight is 318 g/mol. The lowest BCUT2D eigenvalue weighted by Crippen LogP contribution is -2.21. The van der Waals surface area contributed by atoms with E-state index >= 15 is 0 Å². The summed E-state index contributed by atoms with van der Waals surface area (Å²) in [6.07, 6.45) is 7.48. The molecule has 0 aliphatic carbocycles. The summed E-state index contributed by atoms with van der Waals surface area (Å²) in [5.41, 5.74) is 0.802. The van der Waals surface area contributed by atoms with Crippen molar-refractivity contribution in [2.75, 3.05) is 32.5 Å². The lowest BCUT2D eigenvalue weighted by molar-refractivity contribution is 0.263. The Morgan fingerprint density at radius 1 is 1.36 bits per heavy atom. The Morgan fingerprint density at radius 2 is 2.09 bits per heavy atom. The lowest BCUT2D eigenvalue weighted by atomic mass is 10.3. The monoisotopic (exact) mass is 318 g/mol.